The van der Waals surface area contributed by atoms with E-state index in [0.29, 0.717) is 0 Å². The lowest BCUT2D eigenvalue weighted by Crippen LogP contribution is -2.27. The third-order valence-corrected chi connectivity index (χ3v) is 2.80. The van der Waals surface area contributed by atoms with Crippen LogP contribution in [0.2, 0.25) is 0 Å². The maximum Gasteiger partial charge on any atom is 0.202 e. The van der Waals surface area contributed by atoms with Crippen LogP contribution in [0.1, 0.15) is 27.2 Å². The van der Waals surface area contributed by atoms with Crippen LogP contribution in [0.4, 0.5) is 5.95 Å². The average Bonchev–Trinajstić information content (AvgIpc) is 2.75. The van der Waals surface area contributed by atoms with E-state index in [1.807, 2.05) is 12.4 Å². The van der Waals surface area contributed by atoms with Crippen LogP contribution in [-0.4, -0.2) is 40.6 Å². The van der Waals surface area contributed by atoms with Gasteiger partial charge in [0.05, 0.1) is 0 Å². The minimum atomic E-state index is 0.988. The zero-order chi connectivity index (χ0) is 11.8. The first kappa shape index (κ1) is 13.0. The number of nitrogens with one attached hydrogen (secondary N) is 1. The summed E-state index contributed by atoms with van der Waals surface area (Å²) in [5, 5.41) is 3.34. The molecule has 0 aliphatic carbocycles. The molecule has 1 N–H and O–H groups in total. The summed E-state index contributed by atoms with van der Waals surface area (Å²) in [4.78, 5) is 6.74. The molecular weight excluding hydrogens is 200 g/mol. The van der Waals surface area contributed by atoms with Crippen molar-refractivity contribution in [1.29, 1.82) is 0 Å². The molecule has 0 aliphatic heterocycles. The molecule has 0 saturated heterocycles. The lowest BCUT2D eigenvalue weighted by molar-refractivity contribution is 0.291. The molecule has 0 aromatic carbocycles. The van der Waals surface area contributed by atoms with Gasteiger partial charge in [-0.05, 0) is 19.5 Å². The van der Waals surface area contributed by atoms with E-state index in [1.54, 1.807) is 0 Å². The van der Waals surface area contributed by atoms with E-state index in [9.17, 15) is 0 Å². The Morgan fingerprint density at radius 3 is 2.69 bits per heavy atom. The molecule has 16 heavy (non-hydrogen) atoms. The molecule has 0 amide bonds. The van der Waals surface area contributed by atoms with Gasteiger partial charge >= 0.3 is 0 Å². The highest BCUT2D eigenvalue weighted by Crippen LogP contribution is 2.04. The lowest BCUT2D eigenvalue weighted by Gasteiger charge is -2.18. The minimum absolute atomic E-state index is 0.988. The number of hydrogen-bond donors (Lipinski definition) is 1. The summed E-state index contributed by atoms with van der Waals surface area (Å²) in [7, 11) is 0. The van der Waals surface area contributed by atoms with Crippen LogP contribution >= 0.6 is 0 Å². The van der Waals surface area contributed by atoms with Gasteiger partial charge in [-0.25, -0.2) is 4.98 Å². The molecule has 0 spiro atoms. The Bertz CT molecular complexity index is 278. The topological polar surface area (TPSA) is 33.1 Å². The quantitative estimate of drug-likeness (QED) is 0.733. The van der Waals surface area contributed by atoms with Crippen LogP contribution in [0.25, 0.3) is 0 Å². The molecule has 0 atom stereocenters. The molecule has 0 bridgehead atoms. The van der Waals surface area contributed by atoms with Crippen molar-refractivity contribution >= 4 is 5.95 Å². The number of imidazole rings is 1. The van der Waals surface area contributed by atoms with E-state index in [1.165, 1.54) is 0 Å². The molecule has 4 nitrogen and oxygen atoms in total. The second-order valence-electron chi connectivity index (χ2n) is 3.90. The SMILES string of the molecule is CCCNc1nccn1CCN(CC)CC. The van der Waals surface area contributed by atoms with Crippen molar-refractivity contribution in [3.8, 4) is 0 Å². The largest absolute Gasteiger partial charge is 0.356 e. The van der Waals surface area contributed by atoms with Crippen LogP contribution in [0, 0.1) is 0 Å². The van der Waals surface area contributed by atoms with Crippen molar-refractivity contribution in [2.75, 3.05) is 31.5 Å². The van der Waals surface area contributed by atoms with Gasteiger partial charge in [0.15, 0.2) is 0 Å². The number of rotatable bonds is 8. The fourth-order valence-corrected chi connectivity index (χ4v) is 1.68. The van der Waals surface area contributed by atoms with Gasteiger partial charge in [-0.2, -0.15) is 0 Å². The molecule has 92 valence electrons. The Morgan fingerprint density at radius 1 is 1.31 bits per heavy atom. The van der Waals surface area contributed by atoms with Crippen molar-refractivity contribution in [2.24, 2.45) is 0 Å². The van der Waals surface area contributed by atoms with Crippen molar-refractivity contribution < 1.29 is 0 Å². The Labute approximate surface area is 98.7 Å². The van der Waals surface area contributed by atoms with Crippen LogP contribution in [0.5, 0.6) is 0 Å². The molecule has 1 aromatic rings. The molecule has 0 aliphatic rings. The Kier molecular flexibility index (Phi) is 5.93. The van der Waals surface area contributed by atoms with Gasteiger partial charge in [0, 0.05) is 32.0 Å². The summed E-state index contributed by atoms with van der Waals surface area (Å²) >= 11 is 0. The zero-order valence-corrected chi connectivity index (χ0v) is 10.7. The Hall–Kier alpha value is -1.03. The second kappa shape index (κ2) is 7.28. The first-order valence-corrected chi connectivity index (χ1v) is 6.29. The highest BCUT2D eigenvalue weighted by Gasteiger charge is 2.03. The summed E-state index contributed by atoms with van der Waals surface area (Å²) in [5.74, 6) is 0.994. The van der Waals surface area contributed by atoms with Crippen molar-refractivity contribution in [3.05, 3.63) is 12.4 Å². The molecule has 0 saturated carbocycles. The molecule has 0 unspecified atom stereocenters. The first-order valence-electron chi connectivity index (χ1n) is 6.29. The maximum absolute atomic E-state index is 4.32. The van der Waals surface area contributed by atoms with E-state index in [-0.39, 0.29) is 0 Å². The normalized spacial score (nSPS) is 11.0. The van der Waals surface area contributed by atoms with Gasteiger partial charge < -0.3 is 14.8 Å². The molecular formula is C12H24N4. The Morgan fingerprint density at radius 2 is 2.06 bits per heavy atom. The number of aromatic nitrogens is 2. The fraction of sp³-hybridized carbons (Fsp3) is 0.750. The van der Waals surface area contributed by atoms with Gasteiger partial charge in [-0.1, -0.05) is 20.8 Å². The number of anilines is 1. The van der Waals surface area contributed by atoms with Gasteiger partial charge in [-0.15, -0.1) is 0 Å². The third kappa shape index (κ3) is 3.85. The standard InChI is InChI=1S/C12H24N4/c1-4-7-13-12-14-8-9-16(12)11-10-15(5-2)6-3/h8-9H,4-7,10-11H2,1-3H3,(H,13,14). The van der Waals surface area contributed by atoms with Crippen LogP contribution in [0.3, 0.4) is 0 Å². The van der Waals surface area contributed by atoms with Gasteiger partial charge in [0.1, 0.15) is 0 Å². The van der Waals surface area contributed by atoms with Crippen molar-refractivity contribution in [3.63, 3.8) is 0 Å². The minimum Gasteiger partial charge on any atom is -0.356 e. The van der Waals surface area contributed by atoms with E-state index < -0.39 is 0 Å². The van der Waals surface area contributed by atoms with Crippen LogP contribution < -0.4 is 5.32 Å². The highest BCUT2D eigenvalue weighted by molar-refractivity contribution is 5.25. The number of nitrogens with zero attached hydrogens (tertiary/aromatic N) is 3. The van der Waals surface area contributed by atoms with E-state index in [4.69, 9.17) is 0 Å². The van der Waals surface area contributed by atoms with Crippen LogP contribution in [0.15, 0.2) is 12.4 Å². The molecule has 0 fully saturated rings. The molecule has 1 rings (SSSR count). The number of likely N-dealkylation sites (N-methyl/N-ethyl adjacent to an activating group) is 1. The summed E-state index contributed by atoms with van der Waals surface area (Å²) in [6, 6.07) is 0. The van der Waals surface area contributed by atoms with E-state index in [2.05, 4.69) is 40.5 Å². The van der Waals surface area contributed by atoms with Gasteiger partial charge in [0.2, 0.25) is 5.95 Å². The molecule has 1 aromatic heterocycles. The molecule has 0 radical (unpaired) electrons. The van der Waals surface area contributed by atoms with Gasteiger partial charge in [-0.3, -0.25) is 0 Å². The second-order valence-corrected chi connectivity index (χ2v) is 3.90. The summed E-state index contributed by atoms with van der Waals surface area (Å²) in [6.07, 6.45) is 5.03. The number of hydrogen-bond acceptors (Lipinski definition) is 3. The third-order valence-electron chi connectivity index (χ3n) is 2.80. The lowest BCUT2D eigenvalue weighted by atomic mass is 10.4. The predicted octanol–water partition coefficient (Wildman–Crippen LogP) is 2.05. The predicted molar refractivity (Wildman–Crippen MR) is 68.8 cm³/mol. The monoisotopic (exact) mass is 224 g/mol. The van der Waals surface area contributed by atoms with Gasteiger partial charge in [0.25, 0.3) is 0 Å². The summed E-state index contributed by atoms with van der Waals surface area (Å²) in [6.45, 7) is 11.9. The smallest absolute Gasteiger partial charge is 0.202 e. The zero-order valence-electron chi connectivity index (χ0n) is 10.7. The summed E-state index contributed by atoms with van der Waals surface area (Å²) < 4.78 is 2.19. The average molecular weight is 224 g/mol. The molecule has 4 heteroatoms. The van der Waals surface area contributed by atoms with E-state index in [0.717, 1.165) is 45.1 Å². The summed E-state index contributed by atoms with van der Waals surface area (Å²) in [5.41, 5.74) is 0. The molecule has 1 heterocycles. The maximum atomic E-state index is 4.32. The highest BCUT2D eigenvalue weighted by atomic mass is 15.2. The first-order chi connectivity index (χ1) is 7.81. The van der Waals surface area contributed by atoms with E-state index >= 15 is 0 Å². The van der Waals surface area contributed by atoms with Crippen molar-refractivity contribution in [2.45, 2.75) is 33.7 Å². The fourth-order valence-electron chi connectivity index (χ4n) is 1.68. The van der Waals surface area contributed by atoms with Crippen molar-refractivity contribution in [1.82, 2.24) is 14.5 Å². The Balaban J connectivity index is 2.43. The van der Waals surface area contributed by atoms with Crippen LogP contribution in [-0.2, 0) is 6.54 Å².